The van der Waals surface area contributed by atoms with Gasteiger partial charge in [-0.1, -0.05) is 17.3 Å². The van der Waals surface area contributed by atoms with Crippen molar-refractivity contribution in [2.45, 2.75) is 12.4 Å². The van der Waals surface area contributed by atoms with Crippen molar-refractivity contribution in [1.82, 2.24) is 26.3 Å². The molecule has 0 fully saturated rings. The summed E-state index contributed by atoms with van der Waals surface area (Å²) < 4.78 is 77.0. The fraction of sp³-hybridized carbons (Fsp3) is 0.231. The maximum atomic E-state index is 12.4. The number of hydrogen-bond donors (Lipinski definition) is 3. The molecule has 8 nitrogen and oxygen atoms in total. The number of hydrazine groups is 1. The smallest absolute Gasteiger partial charge is 0.329 e. The molecule has 3 amide bonds. The van der Waals surface area contributed by atoms with E-state index in [1.807, 2.05) is 5.43 Å². The second-order valence-corrected chi connectivity index (χ2v) is 4.88. The first kappa shape index (κ1) is 20.0. The molecule has 0 aliphatic rings. The molecule has 3 N–H and O–H groups in total. The van der Waals surface area contributed by atoms with Crippen LogP contribution in [0.4, 0.5) is 31.1 Å². The second kappa shape index (κ2) is 7.51. The number of urea groups is 1. The molecule has 0 aliphatic heterocycles. The molecule has 2 aromatic rings. The number of halogens is 6. The van der Waals surface area contributed by atoms with Crippen LogP contribution in [0.2, 0.25) is 0 Å². The Morgan fingerprint density at radius 2 is 1.63 bits per heavy atom. The fourth-order valence-electron chi connectivity index (χ4n) is 1.64. The van der Waals surface area contributed by atoms with Crippen LogP contribution in [0.3, 0.4) is 0 Å². The third kappa shape index (κ3) is 5.86. The summed E-state index contributed by atoms with van der Waals surface area (Å²) in [5.41, 5.74) is 3.62. The monoisotopic (exact) mass is 397 g/mol. The number of hydrogen-bond acceptors (Lipinski definition) is 5. The van der Waals surface area contributed by atoms with E-state index in [2.05, 4.69) is 14.7 Å². The van der Waals surface area contributed by atoms with E-state index in [0.29, 0.717) is 0 Å². The van der Waals surface area contributed by atoms with E-state index < -0.39 is 36.7 Å². The molecule has 1 heterocycles. The zero-order valence-corrected chi connectivity index (χ0v) is 12.9. The summed E-state index contributed by atoms with van der Waals surface area (Å²) in [7, 11) is 0. The lowest BCUT2D eigenvalue weighted by Gasteiger charge is -2.10. The minimum Gasteiger partial charge on any atom is -0.329 e. The van der Waals surface area contributed by atoms with E-state index >= 15 is 0 Å². The van der Waals surface area contributed by atoms with E-state index in [4.69, 9.17) is 0 Å². The minimum atomic E-state index is -4.80. The number of alkyl halides is 6. The predicted octanol–water partition coefficient (Wildman–Crippen LogP) is 2.26. The van der Waals surface area contributed by atoms with Gasteiger partial charge in [0.15, 0.2) is 0 Å². The van der Waals surface area contributed by atoms with Crippen LogP contribution in [0, 0.1) is 0 Å². The Morgan fingerprint density at radius 3 is 2.15 bits per heavy atom. The molecule has 14 heteroatoms. The molecule has 146 valence electrons. The number of amides is 3. The summed E-state index contributed by atoms with van der Waals surface area (Å²) in [5, 5.41) is 4.63. The van der Waals surface area contributed by atoms with E-state index in [1.165, 1.54) is 29.6 Å². The molecule has 0 radical (unpaired) electrons. The van der Waals surface area contributed by atoms with Crippen LogP contribution in [0.25, 0.3) is 11.4 Å². The average Bonchev–Trinajstić information content (AvgIpc) is 3.08. The number of carbonyl (C=O) groups is 2. The molecule has 0 atom stereocenters. The van der Waals surface area contributed by atoms with Crippen molar-refractivity contribution in [2.75, 3.05) is 6.54 Å². The van der Waals surface area contributed by atoms with E-state index in [0.717, 1.165) is 0 Å². The van der Waals surface area contributed by atoms with Crippen molar-refractivity contribution in [1.29, 1.82) is 0 Å². The summed E-state index contributed by atoms with van der Waals surface area (Å²) in [6.45, 7) is -1.59. The molecule has 0 spiro atoms. The van der Waals surface area contributed by atoms with E-state index in [1.54, 1.807) is 5.43 Å². The van der Waals surface area contributed by atoms with Gasteiger partial charge in [-0.05, 0) is 12.1 Å². The van der Waals surface area contributed by atoms with E-state index in [9.17, 15) is 35.9 Å². The van der Waals surface area contributed by atoms with Gasteiger partial charge in [-0.25, -0.2) is 10.2 Å². The average molecular weight is 397 g/mol. The fourth-order valence-corrected chi connectivity index (χ4v) is 1.64. The topological polar surface area (TPSA) is 109 Å². The highest BCUT2D eigenvalue weighted by Crippen LogP contribution is 2.29. The number of nitrogens with zero attached hydrogens (tertiary/aromatic N) is 2. The Kier molecular flexibility index (Phi) is 5.56. The second-order valence-electron chi connectivity index (χ2n) is 4.88. The van der Waals surface area contributed by atoms with Crippen molar-refractivity contribution in [3.05, 3.63) is 35.7 Å². The van der Waals surface area contributed by atoms with Crippen molar-refractivity contribution in [3.8, 4) is 11.4 Å². The summed E-state index contributed by atoms with van der Waals surface area (Å²) in [6.07, 6.45) is -9.41. The third-order valence-corrected chi connectivity index (χ3v) is 2.81. The lowest BCUT2D eigenvalue weighted by atomic mass is 10.1. The van der Waals surface area contributed by atoms with Crippen molar-refractivity contribution in [2.24, 2.45) is 0 Å². The van der Waals surface area contributed by atoms with Crippen molar-refractivity contribution >= 4 is 11.9 Å². The van der Waals surface area contributed by atoms with Gasteiger partial charge in [-0.3, -0.25) is 10.2 Å². The highest BCUT2D eigenvalue weighted by molar-refractivity contribution is 5.95. The zero-order valence-electron chi connectivity index (χ0n) is 12.9. The van der Waals surface area contributed by atoms with Gasteiger partial charge in [0.1, 0.15) is 6.54 Å². The van der Waals surface area contributed by atoms with Gasteiger partial charge in [-0.2, -0.15) is 31.3 Å². The molecular weight excluding hydrogens is 388 g/mol. The van der Waals surface area contributed by atoms with Gasteiger partial charge in [0.25, 0.3) is 5.91 Å². The molecule has 0 bridgehead atoms. The molecule has 0 unspecified atom stereocenters. The molecular formula is C13H9F6N5O3. The molecule has 0 aliphatic carbocycles. The quantitative estimate of drug-likeness (QED) is 0.544. The first-order valence-electron chi connectivity index (χ1n) is 6.88. The zero-order chi connectivity index (χ0) is 20.2. The molecule has 0 saturated heterocycles. The first-order valence-corrected chi connectivity index (χ1v) is 6.88. The third-order valence-electron chi connectivity index (χ3n) is 2.81. The van der Waals surface area contributed by atoms with Crippen LogP contribution in [0.15, 0.2) is 28.8 Å². The largest absolute Gasteiger partial charge is 0.471 e. The number of carbonyl (C=O) groups excluding carboxylic acids is 2. The van der Waals surface area contributed by atoms with Crippen molar-refractivity contribution < 1.29 is 40.5 Å². The highest BCUT2D eigenvalue weighted by Gasteiger charge is 2.38. The number of aromatic nitrogens is 2. The first-order chi connectivity index (χ1) is 12.5. The van der Waals surface area contributed by atoms with Crippen LogP contribution < -0.4 is 16.2 Å². The minimum absolute atomic E-state index is 0.0468. The normalized spacial score (nSPS) is 11.8. The maximum absolute atomic E-state index is 12.4. The molecule has 27 heavy (non-hydrogen) atoms. The molecule has 0 saturated carbocycles. The van der Waals surface area contributed by atoms with Gasteiger partial charge in [0.05, 0.1) is 0 Å². The highest BCUT2D eigenvalue weighted by atomic mass is 19.4. The Balaban J connectivity index is 1.93. The number of nitrogens with one attached hydrogen (secondary N) is 3. The van der Waals surface area contributed by atoms with E-state index in [-0.39, 0.29) is 17.0 Å². The summed E-state index contributed by atoms with van der Waals surface area (Å²) in [5.74, 6) is -2.78. The van der Waals surface area contributed by atoms with Gasteiger partial charge in [-0.15, -0.1) is 0 Å². The number of benzene rings is 1. The van der Waals surface area contributed by atoms with Crippen molar-refractivity contribution in [3.63, 3.8) is 0 Å². The standard InChI is InChI=1S/C13H9F6N5O3/c14-12(15,16)5-20-11(26)23-22-9(25)7-3-1-6(2-4-7)8-21-10(27-24-8)13(17,18)19/h1-4H,5H2,(H,22,25)(H2,20,23,26). The van der Waals surface area contributed by atoms with Crippen LogP contribution >= 0.6 is 0 Å². The van der Waals surface area contributed by atoms with Crippen LogP contribution in [0.1, 0.15) is 16.2 Å². The predicted molar refractivity (Wildman–Crippen MR) is 74.8 cm³/mol. The van der Waals surface area contributed by atoms with Gasteiger partial charge >= 0.3 is 24.3 Å². The number of rotatable bonds is 3. The molecule has 1 aromatic heterocycles. The summed E-state index contributed by atoms with van der Waals surface area (Å²) in [4.78, 5) is 26.0. The Labute approximate surface area is 145 Å². The Morgan fingerprint density at radius 1 is 1.00 bits per heavy atom. The summed E-state index contributed by atoms with van der Waals surface area (Å²) >= 11 is 0. The van der Waals surface area contributed by atoms with Gasteiger partial charge in [0, 0.05) is 11.1 Å². The lowest BCUT2D eigenvalue weighted by Crippen LogP contribution is -2.48. The summed E-state index contributed by atoms with van der Waals surface area (Å²) in [6, 6.07) is 3.48. The van der Waals surface area contributed by atoms with Gasteiger partial charge in [0.2, 0.25) is 5.82 Å². The van der Waals surface area contributed by atoms with Crippen LogP contribution in [0.5, 0.6) is 0 Å². The maximum Gasteiger partial charge on any atom is 0.471 e. The molecule has 2 rings (SSSR count). The van der Waals surface area contributed by atoms with Gasteiger partial charge < -0.3 is 9.84 Å². The van der Waals surface area contributed by atoms with Crippen LogP contribution in [-0.2, 0) is 6.18 Å². The Hall–Kier alpha value is -3.32. The lowest BCUT2D eigenvalue weighted by molar-refractivity contribution is -0.159. The molecule has 1 aromatic carbocycles. The SMILES string of the molecule is O=C(NCC(F)(F)F)NNC(=O)c1ccc(-c2noc(C(F)(F)F)n2)cc1. The Bertz CT molecular complexity index is 815. The van der Waals surface area contributed by atoms with Crippen LogP contribution in [-0.4, -0.2) is 34.8 Å².